The molecule has 0 aromatic heterocycles. The molecule has 4 bridgehead atoms. The fourth-order valence-electron chi connectivity index (χ4n) is 7.42. The van der Waals surface area contributed by atoms with Crippen molar-refractivity contribution in [1.29, 1.82) is 0 Å². The summed E-state index contributed by atoms with van der Waals surface area (Å²) < 4.78 is 73.6. The van der Waals surface area contributed by atoms with E-state index in [1.807, 2.05) is 0 Å². The molecule has 4 aliphatic carbocycles. The first-order valence-electron chi connectivity index (χ1n) is 11.5. The van der Waals surface area contributed by atoms with Crippen LogP contribution in [0.3, 0.4) is 0 Å². The molecule has 1 amide bonds. The van der Waals surface area contributed by atoms with Gasteiger partial charge in [-0.25, -0.2) is 10.1 Å². The number of hydrogen-bond donors (Lipinski definition) is 2. The van der Waals surface area contributed by atoms with Gasteiger partial charge >= 0.3 is 24.7 Å². The predicted molar refractivity (Wildman–Crippen MR) is 110 cm³/mol. The number of nitrogens with two attached hydrogens (primary N) is 1. The average Bonchev–Trinajstić information content (AvgIpc) is 2.94. The van der Waals surface area contributed by atoms with Crippen LogP contribution in [0.15, 0.2) is 24.3 Å². The Labute approximate surface area is 198 Å². The van der Waals surface area contributed by atoms with E-state index < -0.39 is 41.6 Å². The first-order chi connectivity index (χ1) is 16.3. The molecule has 35 heavy (non-hydrogen) atoms. The minimum absolute atomic E-state index is 0.134. The SMILES string of the molecule is CN1C(=O)[C@@](c2ccc(OC(F)F)cc2)(C23CC4CC(CC(C4)C2)C3)NC1(N)OC(=O)C(F)(F)F. The van der Waals surface area contributed by atoms with Crippen LogP contribution in [0, 0.1) is 23.2 Å². The molecular formula is C23H26F5N3O4. The topological polar surface area (TPSA) is 93.9 Å². The number of rotatable bonds is 5. The Morgan fingerprint density at radius 3 is 2.06 bits per heavy atom. The number of likely N-dealkylation sites (N-methyl/N-ethyl adjacent to an activating group) is 1. The zero-order valence-electron chi connectivity index (χ0n) is 18.9. The minimum Gasteiger partial charge on any atom is -0.435 e. The van der Waals surface area contributed by atoms with E-state index in [1.54, 1.807) is 0 Å². The van der Waals surface area contributed by atoms with Gasteiger partial charge in [0.1, 0.15) is 11.3 Å². The largest absolute Gasteiger partial charge is 0.491 e. The first-order valence-corrected chi connectivity index (χ1v) is 11.5. The summed E-state index contributed by atoms with van der Waals surface area (Å²) in [5.74, 6) is -4.82. The number of hydrogen-bond acceptors (Lipinski definition) is 6. The van der Waals surface area contributed by atoms with E-state index in [9.17, 15) is 31.5 Å². The van der Waals surface area contributed by atoms with E-state index in [-0.39, 0.29) is 5.75 Å². The molecule has 4 saturated carbocycles. The highest BCUT2D eigenvalue weighted by Gasteiger charge is 2.71. The number of ether oxygens (including phenoxy) is 2. The molecule has 12 heteroatoms. The fraction of sp³-hybridized carbons (Fsp3) is 0.652. The van der Waals surface area contributed by atoms with Gasteiger partial charge in [-0.05, 0) is 74.0 Å². The van der Waals surface area contributed by atoms with Gasteiger partial charge in [0.05, 0.1) is 0 Å². The number of carbonyl (C=O) groups is 2. The van der Waals surface area contributed by atoms with Crippen molar-refractivity contribution in [2.45, 2.75) is 62.8 Å². The lowest BCUT2D eigenvalue weighted by Gasteiger charge is -2.62. The number of alkyl halides is 5. The normalized spacial score (nSPS) is 38.3. The van der Waals surface area contributed by atoms with E-state index in [2.05, 4.69) is 14.8 Å². The van der Waals surface area contributed by atoms with Gasteiger partial charge in [-0.3, -0.25) is 15.4 Å². The van der Waals surface area contributed by atoms with Gasteiger partial charge in [-0.15, -0.1) is 0 Å². The first kappa shape index (κ1) is 24.2. The van der Waals surface area contributed by atoms with Crippen LogP contribution in [0.5, 0.6) is 5.75 Å². The van der Waals surface area contributed by atoms with Gasteiger partial charge in [0, 0.05) is 12.5 Å². The number of carbonyl (C=O) groups excluding carboxylic acids is 2. The lowest BCUT2D eigenvalue weighted by Crippen LogP contribution is -2.68. The fourth-order valence-corrected chi connectivity index (χ4v) is 7.42. The summed E-state index contributed by atoms with van der Waals surface area (Å²) in [5, 5.41) is 2.84. The van der Waals surface area contributed by atoms with Gasteiger partial charge in [0.2, 0.25) is 0 Å². The smallest absolute Gasteiger partial charge is 0.435 e. The highest BCUT2D eigenvalue weighted by Crippen LogP contribution is 2.67. The zero-order valence-corrected chi connectivity index (χ0v) is 18.9. The van der Waals surface area contributed by atoms with Gasteiger partial charge in [0.15, 0.2) is 0 Å². The van der Waals surface area contributed by atoms with E-state index >= 15 is 0 Å². The molecule has 1 unspecified atom stereocenters. The predicted octanol–water partition coefficient (Wildman–Crippen LogP) is 3.44. The lowest BCUT2D eigenvalue weighted by molar-refractivity contribution is -0.230. The van der Waals surface area contributed by atoms with Crippen molar-refractivity contribution in [2.75, 3.05) is 7.05 Å². The van der Waals surface area contributed by atoms with E-state index in [1.165, 1.54) is 31.3 Å². The average molecular weight is 503 g/mol. The summed E-state index contributed by atoms with van der Waals surface area (Å²) in [6, 6.07) is 5.42. The van der Waals surface area contributed by atoms with Crippen molar-refractivity contribution in [3.05, 3.63) is 29.8 Å². The molecule has 5 aliphatic rings. The molecule has 6 rings (SSSR count). The molecule has 1 aromatic rings. The third-order valence-electron chi connectivity index (χ3n) is 8.32. The molecule has 0 spiro atoms. The van der Waals surface area contributed by atoms with Crippen molar-refractivity contribution in [1.82, 2.24) is 10.2 Å². The third-order valence-corrected chi connectivity index (χ3v) is 8.32. The molecule has 2 atom stereocenters. The number of amides is 1. The van der Waals surface area contributed by atoms with Crippen LogP contribution in [0.4, 0.5) is 22.0 Å². The van der Waals surface area contributed by atoms with Crippen LogP contribution >= 0.6 is 0 Å². The molecule has 1 heterocycles. The molecular weight excluding hydrogens is 477 g/mol. The quantitative estimate of drug-likeness (QED) is 0.363. The Kier molecular flexibility index (Phi) is 5.37. The third kappa shape index (κ3) is 3.67. The highest BCUT2D eigenvalue weighted by atomic mass is 19.4. The van der Waals surface area contributed by atoms with Crippen LogP contribution in [0.1, 0.15) is 44.1 Å². The van der Waals surface area contributed by atoms with Crippen molar-refractivity contribution in [3.8, 4) is 5.75 Å². The monoisotopic (exact) mass is 503 g/mol. The van der Waals surface area contributed by atoms with E-state index in [4.69, 9.17) is 5.73 Å². The maximum atomic E-state index is 14.0. The number of halogens is 5. The van der Waals surface area contributed by atoms with Gasteiger partial charge in [-0.1, -0.05) is 12.1 Å². The maximum Gasteiger partial charge on any atom is 0.491 e. The summed E-state index contributed by atoms with van der Waals surface area (Å²) in [6.07, 6.45) is -0.317. The molecule has 1 saturated heterocycles. The number of benzene rings is 1. The number of nitrogens with one attached hydrogen (secondary N) is 1. The van der Waals surface area contributed by atoms with Crippen molar-refractivity contribution < 1.29 is 41.0 Å². The minimum atomic E-state index is -5.32. The van der Waals surface area contributed by atoms with E-state index in [0.29, 0.717) is 42.6 Å². The highest BCUT2D eigenvalue weighted by molar-refractivity contribution is 5.92. The Morgan fingerprint density at radius 2 is 1.60 bits per heavy atom. The second kappa shape index (κ2) is 7.76. The Bertz CT molecular complexity index is 998. The van der Waals surface area contributed by atoms with Gasteiger partial charge in [-0.2, -0.15) is 22.0 Å². The Balaban J connectivity index is 1.61. The van der Waals surface area contributed by atoms with Crippen LogP contribution in [-0.2, 0) is 19.9 Å². The molecule has 1 aromatic carbocycles. The lowest BCUT2D eigenvalue weighted by atomic mass is 9.43. The number of esters is 1. The van der Waals surface area contributed by atoms with Crippen LogP contribution < -0.4 is 15.8 Å². The van der Waals surface area contributed by atoms with Crippen LogP contribution in [0.25, 0.3) is 0 Å². The van der Waals surface area contributed by atoms with Gasteiger partial charge < -0.3 is 9.47 Å². The zero-order chi connectivity index (χ0) is 25.4. The molecule has 0 radical (unpaired) electrons. The summed E-state index contributed by atoms with van der Waals surface area (Å²) in [4.78, 5) is 26.5. The maximum absolute atomic E-state index is 14.0. The summed E-state index contributed by atoms with van der Waals surface area (Å²) in [7, 11) is 1.18. The standard InChI is InChI=1S/C23H26F5N3O4/c1-31-17(32)21(15-2-4-16(5-3-15)34-19(24)25,30-23(31,29)35-18(33)22(26,27)28)20-9-12-6-13(10-20)8-14(7-12)11-20/h2-5,12-14,19,30H,6-11,29H2,1H3/t12?,13?,14?,20?,21-,23?/m0/s1. The summed E-state index contributed by atoms with van der Waals surface area (Å²) in [6.45, 7) is -3.05. The molecule has 3 N–H and O–H groups in total. The van der Waals surface area contributed by atoms with Gasteiger partial charge in [0.25, 0.3) is 5.91 Å². The van der Waals surface area contributed by atoms with Crippen molar-refractivity contribution in [3.63, 3.8) is 0 Å². The Hall–Kier alpha value is -2.47. The molecule has 5 fully saturated rings. The molecule has 7 nitrogen and oxygen atoms in total. The second-order valence-corrected chi connectivity index (χ2v) is 10.4. The molecule has 1 aliphatic heterocycles. The molecule has 192 valence electrons. The summed E-state index contributed by atoms with van der Waals surface area (Å²) >= 11 is 0. The number of nitrogens with zero attached hydrogens (tertiary/aromatic N) is 1. The van der Waals surface area contributed by atoms with E-state index in [0.717, 1.165) is 24.2 Å². The van der Waals surface area contributed by atoms with Crippen LogP contribution in [-0.4, -0.2) is 42.6 Å². The summed E-state index contributed by atoms with van der Waals surface area (Å²) in [5.41, 5.74) is 4.16. The Morgan fingerprint density at radius 1 is 1.09 bits per heavy atom. The van der Waals surface area contributed by atoms with Crippen LogP contribution in [0.2, 0.25) is 0 Å². The second-order valence-electron chi connectivity index (χ2n) is 10.4. The van der Waals surface area contributed by atoms with Crippen molar-refractivity contribution in [2.24, 2.45) is 28.9 Å². The van der Waals surface area contributed by atoms with Crippen molar-refractivity contribution >= 4 is 11.9 Å².